The monoisotopic (exact) mass is 218 g/mol. The second kappa shape index (κ2) is 3.01. The molecule has 2 aromatic heterocycles. The number of halogens is 3. The minimum Gasteiger partial charge on any atom is -0.297 e. The summed E-state index contributed by atoms with van der Waals surface area (Å²) in [6.45, 7) is 0. The van der Waals surface area contributed by atoms with Gasteiger partial charge in [0.05, 0.1) is 0 Å². The molecule has 2 rings (SSSR count). The van der Waals surface area contributed by atoms with Gasteiger partial charge in [0.15, 0.2) is 5.82 Å². The van der Waals surface area contributed by atoms with Gasteiger partial charge in [-0.2, -0.15) is 23.0 Å². The summed E-state index contributed by atoms with van der Waals surface area (Å²) in [6, 6.07) is 1.93. The van der Waals surface area contributed by atoms with E-state index in [0.29, 0.717) is 0 Å². The van der Waals surface area contributed by atoms with Crippen LogP contribution in [0.5, 0.6) is 0 Å². The van der Waals surface area contributed by atoms with Gasteiger partial charge in [0.1, 0.15) is 5.69 Å². The molecule has 80 valence electrons. The van der Waals surface area contributed by atoms with Gasteiger partial charge in [-0.3, -0.25) is 15.0 Å². The van der Waals surface area contributed by atoms with Crippen LogP contribution in [0.2, 0.25) is 0 Å². The lowest BCUT2D eigenvalue weighted by Crippen LogP contribution is -2.13. The average molecular weight is 218 g/mol. The van der Waals surface area contributed by atoms with Crippen LogP contribution < -0.4 is 5.56 Å². The number of nitrogens with zero attached hydrogens (tertiary/aromatic N) is 2. The first kappa shape index (κ1) is 9.56. The summed E-state index contributed by atoms with van der Waals surface area (Å²) in [5.74, 6) is -0.127. The first-order chi connectivity index (χ1) is 6.98. The van der Waals surface area contributed by atoms with Gasteiger partial charge in [-0.15, -0.1) is 0 Å². The number of H-pyrrole nitrogens is 2. The second-order valence-corrected chi connectivity index (χ2v) is 2.77. The Morgan fingerprint density at radius 2 is 2.13 bits per heavy atom. The SMILES string of the molecule is O=c1cc[nH]n1-c1cc(C(F)(F)F)[nH]n1. The van der Waals surface area contributed by atoms with Gasteiger partial charge in [-0.25, -0.2) is 0 Å². The topological polar surface area (TPSA) is 66.5 Å². The van der Waals surface area contributed by atoms with E-state index in [4.69, 9.17) is 0 Å². The van der Waals surface area contributed by atoms with Crippen molar-refractivity contribution in [1.29, 1.82) is 0 Å². The molecule has 0 saturated heterocycles. The van der Waals surface area contributed by atoms with Crippen molar-refractivity contribution in [1.82, 2.24) is 20.0 Å². The van der Waals surface area contributed by atoms with Crippen LogP contribution in [0, 0.1) is 0 Å². The molecule has 0 aromatic carbocycles. The molecule has 0 unspecified atom stereocenters. The molecule has 0 atom stereocenters. The molecular formula is C7H5F3N4O. The maximum Gasteiger partial charge on any atom is 0.432 e. The van der Waals surface area contributed by atoms with Crippen LogP contribution in [-0.2, 0) is 6.18 Å². The van der Waals surface area contributed by atoms with Crippen LogP contribution in [0.25, 0.3) is 5.82 Å². The van der Waals surface area contributed by atoms with E-state index in [9.17, 15) is 18.0 Å². The van der Waals surface area contributed by atoms with E-state index in [1.807, 2.05) is 0 Å². The molecular weight excluding hydrogens is 213 g/mol. The van der Waals surface area contributed by atoms with Crippen LogP contribution in [0.1, 0.15) is 5.69 Å². The van der Waals surface area contributed by atoms with Crippen LogP contribution in [0.15, 0.2) is 23.1 Å². The summed E-state index contributed by atoms with van der Waals surface area (Å²) < 4.78 is 37.4. The molecule has 0 spiro atoms. The van der Waals surface area contributed by atoms with E-state index >= 15 is 0 Å². The van der Waals surface area contributed by atoms with Crippen molar-refractivity contribution in [3.63, 3.8) is 0 Å². The molecule has 0 fully saturated rings. The molecule has 0 amide bonds. The molecule has 2 heterocycles. The Morgan fingerprint density at radius 1 is 1.40 bits per heavy atom. The summed E-state index contributed by atoms with van der Waals surface area (Å²) >= 11 is 0. The van der Waals surface area contributed by atoms with Gasteiger partial charge in [0.25, 0.3) is 5.56 Å². The first-order valence-electron chi connectivity index (χ1n) is 3.88. The van der Waals surface area contributed by atoms with E-state index in [1.165, 1.54) is 12.3 Å². The number of aromatic nitrogens is 4. The van der Waals surface area contributed by atoms with Gasteiger partial charge >= 0.3 is 6.18 Å². The summed E-state index contributed by atoms with van der Waals surface area (Å²) in [5, 5.41) is 7.62. The highest BCUT2D eigenvalue weighted by Gasteiger charge is 2.33. The van der Waals surface area contributed by atoms with Gasteiger partial charge < -0.3 is 0 Å². The van der Waals surface area contributed by atoms with Gasteiger partial charge in [-0.05, 0) is 0 Å². The van der Waals surface area contributed by atoms with Gasteiger partial charge in [-0.1, -0.05) is 0 Å². The number of alkyl halides is 3. The molecule has 0 aliphatic carbocycles. The summed E-state index contributed by atoms with van der Waals surface area (Å²) in [6.07, 6.45) is -3.19. The predicted molar refractivity (Wildman–Crippen MR) is 43.5 cm³/mol. The number of nitrogens with one attached hydrogen (secondary N) is 2. The summed E-state index contributed by atoms with van der Waals surface area (Å²) in [4.78, 5) is 11.1. The molecule has 2 aromatic rings. The molecule has 8 heteroatoms. The summed E-state index contributed by atoms with van der Waals surface area (Å²) in [7, 11) is 0. The minimum atomic E-state index is -4.50. The molecule has 0 aliphatic rings. The van der Waals surface area contributed by atoms with Crippen molar-refractivity contribution < 1.29 is 13.2 Å². The zero-order valence-electron chi connectivity index (χ0n) is 7.17. The van der Waals surface area contributed by atoms with E-state index in [1.54, 1.807) is 5.10 Å². The molecule has 0 bridgehead atoms. The Labute approximate surface area is 80.5 Å². The lowest BCUT2D eigenvalue weighted by molar-refractivity contribution is -0.141. The lowest BCUT2D eigenvalue weighted by atomic mass is 10.4. The fourth-order valence-electron chi connectivity index (χ4n) is 1.07. The highest BCUT2D eigenvalue weighted by atomic mass is 19.4. The quantitative estimate of drug-likeness (QED) is 0.746. The molecule has 0 saturated carbocycles. The zero-order chi connectivity index (χ0) is 11.1. The Hall–Kier alpha value is -1.99. The van der Waals surface area contributed by atoms with Crippen LogP contribution in [0.4, 0.5) is 13.2 Å². The average Bonchev–Trinajstić information content (AvgIpc) is 2.69. The molecule has 5 nitrogen and oxygen atoms in total. The predicted octanol–water partition coefficient (Wildman–Crippen LogP) is 0.907. The lowest BCUT2D eigenvalue weighted by Gasteiger charge is -1.99. The van der Waals surface area contributed by atoms with Crippen LogP contribution >= 0.6 is 0 Å². The van der Waals surface area contributed by atoms with Crippen molar-refractivity contribution in [3.05, 3.63) is 34.4 Å². The third-order valence-corrected chi connectivity index (χ3v) is 1.75. The Bertz CT molecular complexity index is 521. The van der Waals surface area contributed by atoms with Crippen molar-refractivity contribution in [2.24, 2.45) is 0 Å². The summed E-state index contributed by atoms with van der Waals surface area (Å²) in [5.41, 5.74) is -1.48. The van der Waals surface area contributed by atoms with Crippen molar-refractivity contribution in [2.45, 2.75) is 6.18 Å². The van der Waals surface area contributed by atoms with Gasteiger partial charge in [0, 0.05) is 18.3 Å². The maximum atomic E-state index is 12.2. The van der Waals surface area contributed by atoms with Crippen LogP contribution in [-0.4, -0.2) is 20.0 Å². The number of rotatable bonds is 1. The van der Waals surface area contributed by atoms with Gasteiger partial charge in [0.2, 0.25) is 0 Å². The fourth-order valence-corrected chi connectivity index (χ4v) is 1.07. The Kier molecular flexibility index (Phi) is 1.92. The minimum absolute atomic E-state index is 0.127. The first-order valence-corrected chi connectivity index (χ1v) is 3.88. The van der Waals surface area contributed by atoms with Crippen LogP contribution in [0.3, 0.4) is 0 Å². The second-order valence-electron chi connectivity index (χ2n) is 2.77. The van der Waals surface area contributed by atoms with E-state index < -0.39 is 17.4 Å². The molecule has 2 N–H and O–H groups in total. The highest BCUT2D eigenvalue weighted by Crippen LogP contribution is 2.27. The molecule has 0 radical (unpaired) electrons. The zero-order valence-corrected chi connectivity index (χ0v) is 7.17. The normalized spacial score (nSPS) is 11.9. The van der Waals surface area contributed by atoms with Crippen molar-refractivity contribution >= 4 is 0 Å². The van der Waals surface area contributed by atoms with Crippen molar-refractivity contribution in [2.75, 3.05) is 0 Å². The number of hydrogen-bond donors (Lipinski definition) is 2. The smallest absolute Gasteiger partial charge is 0.297 e. The number of aromatic amines is 2. The molecule has 0 aliphatic heterocycles. The van der Waals surface area contributed by atoms with E-state index in [-0.39, 0.29) is 5.82 Å². The van der Waals surface area contributed by atoms with Crippen molar-refractivity contribution in [3.8, 4) is 5.82 Å². The Balaban J connectivity index is 2.45. The van der Waals surface area contributed by atoms with E-state index in [2.05, 4.69) is 10.2 Å². The number of hydrogen-bond acceptors (Lipinski definition) is 2. The highest BCUT2D eigenvalue weighted by molar-refractivity contribution is 5.24. The third-order valence-electron chi connectivity index (χ3n) is 1.75. The largest absolute Gasteiger partial charge is 0.432 e. The van der Waals surface area contributed by atoms with E-state index in [0.717, 1.165) is 10.7 Å². The Morgan fingerprint density at radius 3 is 2.60 bits per heavy atom. The fraction of sp³-hybridized carbons (Fsp3) is 0.143. The standard InChI is InChI=1S/C7H5F3N4O/c8-7(9,10)4-3-5(13-12-4)14-6(15)1-2-11-14/h1-3,11H,(H,12,13). The third kappa shape index (κ3) is 1.65. The molecule has 15 heavy (non-hydrogen) atoms. The maximum absolute atomic E-state index is 12.2.